The lowest BCUT2D eigenvalue weighted by Gasteiger charge is -2.12. The second-order valence-electron chi connectivity index (χ2n) is 5.15. The van der Waals surface area contributed by atoms with E-state index < -0.39 is 0 Å². The first-order valence-electron chi connectivity index (χ1n) is 5.62. The molecule has 0 unspecified atom stereocenters. The van der Waals surface area contributed by atoms with Gasteiger partial charge in [-0.1, -0.05) is 20.8 Å². The lowest BCUT2D eigenvalue weighted by atomic mass is 9.99. The van der Waals surface area contributed by atoms with Gasteiger partial charge < -0.3 is 0 Å². The average Bonchev–Trinajstić information content (AvgIpc) is 2.67. The van der Waals surface area contributed by atoms with E-state index in [1.165, 1.54) is 41.3 Å². The summed E-state index contributed by atoms with van der Waals surface area (Å²) in [5.41, 5.74) is 0.204. The molecule has 0 aliphatic carbocycles. The molecule has 0 radical (unpaired) electrons. The van der Waals surface area contributed by atoms with Gasteiger partial charge in [0, 0.05) is 29.8 Å². The second kappa shape index (κ2) is 4.34. The Kier molecular flexibility index (Phi) is 3.26. The van der Waals surface area contributed by atoms with Crippen LogP contribution in [-0.2, 0) is 5.41 Å². The molecule has 0 atom stereocenters. The summed E-state index contributed by atoms with van der Waals surface area (Å²) in [5.74, 6) is 0. The highest BCUT2D eigenvalue weighted by Gasteiger charge is 2.21. The van der Waals surface area contributed by atoms with Crippen LogP contribution in [0.5, 0.6) is 0 Å². The smallest absolute Gasteiger partial charge is 0.211 e. The Hall–Kier alpha value is -0.220. The lowest BCUT2D eigenvalue weighted by Crippen LogP contribution is -2.31. The predicted molar refractivity (Wildman–Crippen MR) is 67.5 cm³/mol. The summed E-state index contributed by atoms with van der Waals surface area (Å²) < 4.78 is 8.48. The first kappa shape index (κ1) is 11.3. The number of hydrogen-bond donors (Lipinski definition) is 0. The highest BCUT2D eigenvalue weighted by atomic mass is 32.2. The van der Waals surface area contributed by atoms with E-state index in [0.717, 1.165) is 0 Å². The number of rotatable bonds is 0. The molecule has 0 amide bonds. The van der Waals surface area contributed by atoms with Crippen molar-refractivity contribution in [3.05, 3.63) is 8.99 Å². The molecule has 0 bridgehead atoms. The molecule has 1 aliphatic rings. The topological polar surface area (TPSA) is 15.9 Å². The average molecular weight is 243 g/mol. The van der Waals surface area contributed by atoms with Crippen molar-refractivity contribution < 1.29 is 0 Å². The largest absolute Gasteiger partial charge is 0.333 e. The molecule has 1 fully saturated rings. The van der Waals surface area contributed by atoms with Gasteiger partial charge in [0.2, 0.25) is 0 Å². The Morgan fingerprint density at radius 2 is 1.80 bits per heavy atom. The van der Waals surface area contributed by atoms with Crippen molar-refractivity contribution in [2.45, 2.75) is 45.4 Å². The predicted octanol–water partition coefficient (Wildman–Crippen LogP) is 2.46. The Morgan fingerprint density at radius 3 is 2.33 bits per heavy atom. The molecule has 2 heterocycles. The molecule has 2 nitrogen and oxygen atoms in total. The third-order valence-corrected chi connectivity index (χ3v) is 5.25. The van der Waals surface area contributed by atoms with Gasteiger partial charge in [-0.2, -0.15) is 4.37 Å². The molecule has 1 aromatic heterocycles. The third-order valence-electron chi connectivity index (χ3n) is 2.65. The minimum atomic E-state index is 0.204. The molecule has 1 aliphatic heterocycles. The summed E-state index contributed by atoms with van der Waals surface area (Å²) in [7, 11) is 0. The van der Waals surface area contributed by atoms with Gasteiger partial charge >= 0.3 is 3.98 Å². The van der Waals surface area contributed by atoms with Gasteiger partial charge in [-0.15, -0.1) is 0 Å². The van der Waals surface area contributed by atoms with Crippen molar-refractivity contribution in [1.82, 2.24) is 8.95 Å². The van der Waals surface area contributed by atoms with Crippen molar-refractivity contribution in [3.8, 4) is 0 Å². The zero-order chi connectivity index (χ0) is 10.9. The van der Waals surface area contributed by atoms with Gasteiger partial charge in [0.15, 0.2) is 0 Å². The fourth-order valence-corrected chi connectivity index (χ4v) is 3.96. The molecule has 0 aromatic carbocycles. The zero-order valence-electron chi connectivity index (χ0n) is 9.75. The quantitative estimate of drug-likeness (QED) is 0.639. The molecule has 1 saturated heterocycles. The van der Waals surface area contributed by atoms with Gasteiger partial charge in [0.25, 0.3) is 0 Å². The van der Waals surface area contributed by atoms with Crippen LogP contribution in [-0.4, -0.2) is 17.5 Å². The van der Waals surface area contributed by atoms with Crippen LogP contribution in [0.15, 0.2) is 0 Å². The minimum absolute atomic E-state index is 0.204. The first-order chi connectivity index (χ1) is 7.07. The summed E-state index contributed by atoms with van der Waals surface area (Å²) in [5, 5.41) is 1.27. The highest BCUT2D eigenvalue weighted by molar-refractivity contribution is 7.23. The van der Waals surface area contributed by atoms with Crippen LogP contribution in [0.1, 0.15) is 45.0 Å². The zero-order valence-corrected chi connectivity index (χ0v) is 11.4. The summed E-state index contributed by atoms with van der Waals surface area (Å²) >= 11 is 3.56. The van der Waals surface area contributed by atoms with E-state index in [1.54, 1.807) is 11.5 Å². The van der Waals surface area contributed by atoms with Gasteiger partial charge in [-0.3, -0.25) is 0 Å². The number of hydrogen-bond acceptors (Lipinski definition) is 3. The molecular weight excluding hydrogens is 224 g/mol. The molecule has 1 aromatic rings. The van der Waals surface area contributed by atoms with Gasteiger partial charge in [0.1, 0.15) is 18.1 Å². The van der Waals surface area contributed by atoms with Crippen LogP contribution in [0.2, 0.25) is 0 Å². The maximum atomic E-state index is 4.58. The molecule has 84 valence electrons. The van der Waals surface area contributed by atoms with E-state index >= 15 is 0 Å². The Bertz CT molecular complexity index is 387. The lowest BCUT2D eigenvalue weighted by molar-refractivity contribution is 0.459. The minimum Gasteiger partial charge on any atom is -0.211 e. The van der Waals surface area contributed by atoms with Crippen LogP contribution in [0.3, 0.4) is 0 Å². The van der Waals surface area contributed by atoms with Crippen LogP contribution in [0.4, 0.5) is 0 Å². The van der Waals surface area contributed by atoms with Crippen LogP contribution in [0, 0.1) is 0 Å². The normalized spacial score (nSPS) is 18.2. The van der Waals surface area contributed by atoms with Gasteiger partial charge in [0.05, 0.1) is 0 Å². The van der Waals surface area contributed by atoms with Crippen molar-refractivity contribution in [2.24, 2.45) is 0 Å². The molecular formula is C11H19N2S2+. The summed E-state index contributed by atoms with van der Waals surface area (Å²) in [4.78, 5) is 0. The Morgan fingerprint density at radius 1 is 1.13 bits per heavy atom. The van der Waals surface area contributed by atoms with Crippen molar-refractivity contribution in [1.29, 1.82) is 0 Å². The molecule has 4 heteroatoms. The van der Waals surface area contributed by atoms with Crippen molar-refractivity contribution >= 4 is 22.9 Å². The first-order valence-corrected chi connectivity index (χ1v) is 7.21. The maximum absolute atomic E-state index is 4.58. The molecule has 2 rings (SSSR count). The fourth-order valence-electron chi connectivity index (χ4n) is 1.69. The van der Waals surface area contributed by atoms with Crippen LogP contribution in [0.25, 0.3) is 0 Å². The van der Waals surface area contributed by atoms with Gasteiger partial charge in [-0.25, -0.2) is 4.58 Å². The maximum Gasteiger partial charge on any atom is 0.333 e. The number of nitrogens with zero attached hydrogens (tertiary/aromatic N) is 2. The standard InChI is InChI=1S/C11H19N2S2/c1-11(2,3)9-12-15-10(14-9)13-7-5-4-6-8-13/h4-8H2,1-3H3/q+1. The second-order valence-corrected chi connectivity index (χ2v) is 7.14. The third kappa shape index (κ3) is 2.67. The number of aromatic nitrogens is 1. The molecule has 0 saturated carbocycles. The van der Waals surface area contributed by atoms with Crippen molar-refractivity contribution in [2.75, 3.05) is 13.1 Å². The Labute approximate surface area is 99.5 Å². The molecule has 0 N–H and O–H groups in total. The van der Waals surface area contributed by atoms with E-state index in [9.17, 15) is 0 Å². The number of piperidine rings is 1. The summed E-state index contributed by atoms with van der Waals surface area (Å²) in [6, 6.07) is 0. The SMILES string of the molecule is CC(C)(C)c1nsc(=[N+]2CCCCC2)s1. The highest BCUT2D eigenvalue weighted by Crippen LogP contribution is 2.22. The van der Waals surface area contributed by atoms with E-state index in [1.807, 2.05) is 11.3 Å². The van der Waals surface area contributed by atoms with E-state index in [-0.39, 0.29) is 5.41 Å². The summed E-state index contributed by atoms with van der Waals surface area (Å²) in [6.45, 7) is 9.15. The van der Waals surface area contributed by atoms with E-state index in [2.05, 4.69) is 29.7 Å². The monoisotopic (exact) mass is 243 g/mol. The molecule has 15 heavy (non-hydrogen) atoms. The fraction of sp³-hybridized carbons (Fsp3) is 0.818. The van der Waals surface area contributed by atoms with Crippen molar-refractivity contribution in [3.63, 3.8) is 0 Å². The van der Waals surface area contributed by atoms with E-state index in [0.29, 0.717) is 0 Å². The molecule has 0 spiro atoms. The van der Waals surface area contributed by atoms with E-state index in [4.69, 9.17) is 0 Å². The van der Waals surface area contributed by atoms with Crippen LogP contribution < -0.4 is 8.56 Å². The van der Waals surface area contributed by atoms with Crippen LogP contribution >= 0.6 is 22.9 Å². The summed E-state index contributed by atoms with van der Waals surface area (Å²) in [6.07, 6.45) is 4.08. The Balaban J connectivity index is 2.33. The van der Waals surface area contributed by atoms with Gasteiger partial charge in [-0.05, 0) is 17.8 Å².